The van der Waals surface area contributed by atoms with Gasteiger partial charge in [0.25, 0.3) is 0 Å². The first-order valence-corrected chi connectivity index (χ1v) is 10.3. The van der Waals surface area contributed by atoms with Gasteiger partial charge in [0.1, 0.15) is 17.4 Å². The van der Waals surface area contributed by atoms with Gasteiger partial charge in [0, 0.05) is 27.1 Å². The SMILES string of the molecule is Cc1ccc2cccc(Oc3ncnc(Oc4ccc(Br)c5cccnc45)c3N)c2n1. The van der Waals surface area contributed by atoms with Gasteiger partial charge in [-0.2, -0.15) is 9.97 Å². The highest BCUT2D eigenvalue weighted by Gasteiger charge is 2.16. The van der Waals surface area contributed by atoms with Gasteiger partial charge in [0.2, 0.25) is 11.8 Å². The lowest BCUT2D eigenvalue weighted by Gasteiger charge is -2.13. The molecule has 0 bridgehead atoms. The molecule has 0 unspecified atom stereocenters. The summed E-state index contributed by atoms with van der Waals surface area (Å²) >= 11 is 3.53. The zero-order chi connectivity index (χ0) is 21.4. The van der Waals surface area contributed by atoms with E-state index >= 15 is 0 Å². The van der Waals surface area contributed by atoms with Gasteiger partial charge >= 0.3 is 0 Å². The van der Waals surface area contributed by atoms with E-state index in [-0.39, 0.29) is 17.4 Å². The van der Waals surface area contributed by atoms with Crippen molar-refractivity contribution in [3.8, 4) is 23.3 Å². The average Bonchev–Trinajstić information content (AvgIpc) is 2.79. The van der Waals surface area contributed by atoms with Crippen LogP contribution in [-0.4, -0.2) is 19.9 Å². The van der Waals surface area contributed by atoms with Gasteiger partial charge in [-0.05, 0) is 37.3 Å². The third-order valence-corrected chi connectivity index (χ3v) is 5.42. The monoisotopic (exact) mass is 473 g/mol. The lowest BCUT2D eigenvalue weighted by molar-refractivity contribution is 0.442. The summed E-state index contributed by atoms with van der Waals surface area (Å²) in [6, 6.07) is 17.1. The molecule has 0 saturated carbocycles. The van der Waals surface area contributed by atoms with Crippen molar-refractivity contribution in [3.05, 3.63) is 77.3 Å². The first-order chi connectivity index (χ1) is 15.1. The second kappa shape index (κ2) is 7.81. The van der Waals surface area contributed by atoms with E-state index in [1.807, 2.05) is 55.5 Å². The smallest absolute Gasteiger partial charge is 0.249 e. The van der Waals surface area contributed by atoms with Crippen LogP contribution in [0.5, 0.6) is 23.3 Å². The average molecular weight is 474 g/mol. The zero-order valence-corrected chi connectivity index (χ0v) is 18.0. The normalized spacial score (nSPS) is 11.0. The summed E-state index contributed by atoms with van der Waals surface area (Å²) in [5.41, 5.74) is 8.78. The maximum Gasteiger partial charge on any atom is 0.249 e. The van der Waals surface area contributed by atoms with Crippen LogP contribution < -0.4 is 15.2 Å². The minimum atomic E-state index is 0.180. The molecule has 3 heterocycles. The second-order valence-corrected chi connectivity index (χ2v) is 7.68. The summed E-state index contributed by atoms with van der Waals surface area (Å²) in [6.45, 7) is 1.93. The van der Waals surface area contributed by atoms with Crippen LogP contribution >= 0.6 is 15.9 Å². The Morgan fingerprint density at radius 2 is 1.58 bits per heavy atom. The minimum Gasteiger partial charge on any atom is -0.435 e. The Bertz CT molecular complexity index is 1410. The van der Waals surface area contributed by atoms with Crippen molar-refractivity contribution in [1.29, 1.82) is 0 Å². The zero-order valence-electron chi connectivity index (χ0n) is 16.4. The standard InChI is InChI=1S/C23H16BrN5O2/c1-13-7-8-14-4-2-6-17(20(14)29-13)30-22-19(25)23(28-12-27-22)31-18-10-9-16(24)15-5-3-11-26-21(15)18/h2-12H,25H2,1H3. The number of rotatable bonds is 4. The number of halogens is 1. The summed E-state index contributed by atoms with van der Waals surface area (Å²) in [7, 11) is 0. The molecule has 0 aliphatic rings. The summed E-state index contributed by atoms with van der Waals surface area (Å²) in [5, 5.41) is 1.88. The number of hydrogen-bond donors (Lipinski definition) is 1. The van der Waals surface area contributed by atoms with Crippen molar-refractivity contribution in [2.45, 2.75) is 6.92 Å². The maximum atomic E-state index is 6.30. The molecule has 0 amide bonds. The van der Waals surface area contributed by atoms with Crippen LogP contribution in [-0.2, 0) is 0 Å². The first kappa shape index (κ1) is 19.2. The number of nitrogens with zero attached hydrogens (tertiary/aromatic N) is 4. The van der Waals surface area contributed by atoms with E-state index in [0.717, 1.165) is 26.5 Å². The minimum absolute atomic E-state index is 0.180. The summed E-state index contributed by atoms with van der Waals surface area (Å²) in [5.74, 6) is 1.45. The second-order valence-electron chi connectivity index (χ2n) is 6.83. The van der Waals surface area contributed by atoms with Gasteiger partial charge in [0.05, 0.1) is 0 Å². The van der Waals surface area contributed by atoms with Crippen molar-refractivity contribution in [3.63, 3.8) is 0 Å². The molecular formula is C23H16BrN5O2. The van der Waals surface area contributed by atoms with Crippen molar-refractivity contribution in [1.82, 2.24) is 19.9 Å². The van der Waals surface area contributed by atoms with Crippen LogP contribution in [0.3, 0.4) is 0 Å². The largest absolute Gasteiger partial charge is 0.435 e. The van der Waals surface area contributed by atoms with E-state index < -0.39 is 0 Å². The number of para-hydroxylation sites is 1. The third-order valence-electron chi connectivity index (χ3n) is 4.73. The molecule has 0 aliphatic heterocycles. The first-order valence-electron chi connectivity index (χ1n) is 9.46. The Labute approximate surface area is 186 Å². The molecule has 5 rings (SSSR count). The van der Waals surface area contributed by atoms with Crippen LogP contribution in [0, 0.1) is 6.92 Å². The third kappa shape index (κ3) is 3.62. The van der Waals surface area contributed by atoms with Crippen molar-refractivity contribution in [2.24, 2.45) is 0 Å². The highest BCUT2D eigenvalue weighted by molar-refractivity contribution is 9.10. The number of nitrogens with two attached hydrogens (primary N) is 1. The Kier molecular flexibility index (Phi) is 4.83. The molecule has 0 saturated heterocycles. The van der Waals surface area contributed by atoms with Crippen LogP contribution in [0.2, 0.25) is 0 Å². The Morgan fingerprint density at radius 1 is 0.806 bits per heavy atom. The van der Waals surface area contributed by atoms with Crippen molar-refractivity contribution in [2.75, 3.05) is 5.73 Å². The molecule has 5 aromatic rings. The van der Waals surface area contributed by atoms with Gasteiger partial charge < -0.3 is 15.2 Å². The quantitative estimate of drug-likeness (QED) is 0.351. The van der Waals surface area contributed by atoms with E-state index in [4.69, 9.17) is 15.2 Å². The molecule has 3 aromatic heterocycles. The van der Waals surface area contributed by atoms with E-state index in [0.29, 0.717) is 17.0 Å². The fraction of sp³-hybridized carbons (Fsp3) is 0.0435. The van der Waals surface area contributed by atoms with Crippen molar-refractivity contribution < 1.29 is 9.47 Å². The Hall–Kier alpha value is -3.78. The van der Waals surface area contributed by atoms with E-state index in [1.54, 1.807) is 12.3 Å². The van der Waals surface area contributed by atoms with Gasteiger partial charge in [-0.25, -0.2) is 4.98 Å². The number of nitrogen functional groups attached to an aromatic ring is 1. The van der Waals surface area contributed by atoms with E-state index in [1.165, 1.54) is 6.33 Å². The van der Waals surface area contributed by atoms with Gasteiger partial charge in [-0.1, -0.05) is 40.2 Å². The molecular weight excluding hydrogens is 458 g/mol. The number of aryl methyl sites for hydroxylation is 1. The number of pyridine rings is 2. The number of aromatic nitrogens is 4. The Morgan fingerprint density at radius 3 is 2.39 bits per heavy atom. The lowest BCUT2D eigenvalue weighted by Crippen LogP contribution is -2.01. The number of anilines is 1. The number of ether oxygens (including phenoxy) is 2. The van der Waals surface area contributed by atoms with Gasteiger partial charge in [-0.15, -0.1) is 0 Å². The van der Waals surface area contributed by atoms with E-state index in [2.05, 4.69) is 35.9 Å². The molecule has 8 heteroatoms. The van der Waals surface area contributed by atoms with Crippen molar-refractivity contribution >= 4 is 43.4 Å². The topological polar surface area (TPSA) is 96.0 Å². The molecule has 0 spiro atoms. The van der Waals surface area contributed by atoms with Crippen LogP contribution in [0.4, 0.5) is 5.69 Å². The molecule has 152 valence electrons. The fourth-order valence-corrected chi connectivity index (χ4v) is 3.68. The summed E-state index contributed by atoms with van der Waals surface area (Å²) in [6.07, 6.45) is 3.05. The number of hydrogen-bond acceptors (Lipinski definition) is 7. The molecule has 2 aromatic carbocycles. The number of benzene rings is 2. The molecule has 7 nitrogen and oxygen atoms in total. The van der Waals surface area contributed by atoms with Gasteiger partial charge in [0.15, 0.2) is 17.2 Å². The highest BCUT2D eigenvalue weighted by atomic mass is 79.9. The number of fused-ring (bicyclic) bond motifs is 2. The molecule has 0 fully saturated rings. The predicted octanol–water partition coefficient (Wildman–Crippen LogP) is 5.81. The molecule has 0 aliphatic carbocycles. The summed E-state index contributed by atoms with van der Waals surface area (Å²) in [4.78, 5) is 17.4. The molecule has 2 N–H and O–H groups in total. The van der Waals surface area contributed by atoms with E-state index in [9.17, 15) is 0 Å². The summed E-state index contributed by atoms with van der Waals surface area (Å²) < 4.78 is 12.9. The Balaban J connectivity index is 1.53. The maximum absolute atomic E-state index is 6.30. The molecule has 0 atom stereocenters. The molecule has 31 heavy (non-hydrogen) atoms. The van der Waals surface area contributed by atoms with Crippen LogP contribution in [0.1, 0.15) is 5.69 Å². The fourth-order valence-electron chi connectivity index (χ4n) is 3.23. The van der Waals surface area contributed by atoms with Crippen LogP contribution in [0.15, 0.2) is 71.6 Å². The van der Waals surface area contributed by atoms with Gasteiger partial charge in [-0.3, -0.25) is 4.98 Å². The highest BCUT2D eigenvalue weighted by Crippen LogP contribution is 2.38. The van der Waals surface area contributed by atoms with Crippen LogP contribution in [0.25, 0.3) is 21.8 Å². The predicted molar refractivity (Wildman–Crippen MR) is 123 cm³/mol. The molecule has 0 radical (unpaired) electrons. The lowest BCUT2D eigenvalue weighted by atomic mass is 10.2.